The second-order valence-electron chi connectivity index (χ2n) is 19.0. The van der Waals surface area contributed by atoms with Gasteiger partial charge in [-0.15, -0.1) is 0 Å². The molecule has 382 valence electrons. The van der Waals surface area contributed by atoms with Crippen LogP contribution in [0.1, 0.15) is 290 Å². The third-order valence-corrected chi connectivity index (χ3v) is 13.5. The zero-order valence-electron chi connectivity index (χ0n) is 42.0. The van der Waals surface area contributed by atoms with Crippen molar-refractivity contribution in [1.29, 1.82) is 0 Å². The van der Waals surface area contributed by atoms with E-state index in [-0.39, 0.29) is 19.4 Å². The Labute approximate surface area is 394 Å². The lowest BCUT2D eigenvalue weighted by Crippen LogP contribution is -2.29. The summed E-state index contributed by atoms with van der Waals surface area (Å²) < 4.78 is 32.9. The molecule has 0 aliphatic rings. The molecule has 0 fully saturated rings. The highest BCUT2D eigenvalue weighted by molar-refractivity contribution is 7.47. The monoisotopic (exact) mass is 933 g/mol. The quantitative estimate of drug-likeness (QED) is 0.0306. The van der Waals surface area contributed by atoms with Crippen molar-refractivity contribution in [3.63, 3.8) is 0 Å². The number of phosphoric acid groups is 1. The number of phosphoric ester groups is 1. The van der Waals surface area contributed by atoms with Gasteiger partial charge < -0.3 is 24.6 Å². The number of rotatable bonds is 53. The molecule has 0 amide bonds. The minimum atomic E-state index is -4.62. The van der Waals surface area contributed by atoms with Crippen molar-refractivity contribution in [2.75, 3.05) is 26.4 Å². The van der Waals surface area contributed by atoms with Gasteiger partial charge in [-0.25, -0.2) is 4.57 Å². The summed E-state index contributed by atoms with van der Waals surface area (Å²) in [4.78, 5) is 35.2. The maximum Gasteiger partial charge on any atom is 0.472 e. The molecule has 64 heavy (non-hydrogen) atoms. The molecule has 0 aliphatic carbocycles. The lowest BCUT2D eigenvalue weighted by Gasteiger charge is -2.20. The van der Waals surface area contributed by atoms with Crippen LogP contribution in [0.2, 0.25) is 0 Å². The topological polar surface area (TPSA) is 149 Å². The fourth-order valence-corrected chi connectivity index (χ4v) is 9.08. The van der Waals surface area contributed by atoms with E-state index in [4.69, 9.17) is 23.6 Å². The predicted molar refractivity (Wildman–Crippen MR) is 266 cm³/mol. The van der Waals surface area contributed by atoms with Gasteiger partial charge in [0.05, 0.1) is 19.8 Å². The van der Waals surface area contributed by atoms with E-state index in [0.717, 1.165) is 32.1 Å². The summed E-state index contributed by atoms with van der Waals surface area (Å²) in [6.45, 7) is 2.47. The number of carbonyl (C=O) groups is 2. The Balaban J connectivity index is 4.07. The number of hydrogen-bond donors (Lipinski definition) is 3. The highest BCUT2D eigenvalue weighted by Crippen LogP contribution is 2.43. The minimum Gasteiger partial charge on any atom is -0.462 e. The van der Waals surface area contributed by atoms with E-state index in [0.29, 0.717) is 12.8 Å². The Kier molecular flexibility index (Phi) is 49.1. The molecule has 0 rings (SSSR count). The summed E-state index contributed by atoms with van der Waals surface area (Å²) in [7, 11) is -4.62. The van der Waals surface area contributed by atoms with Crippen LogP contribution >= 0.6 is 7.82 Å². The predicted octanol–water partition coefficient (Wildman–Crippen LogP) is 15.7. The Morgan fingerprint density at radius 3 is 0.969 bits per heavy atom. The highest BCUT2D eigenvalue weighted by atomic mass is 31.2. The molecule has 10 nitrogen and oxygen atoms in total. The van der Waals surface area contributed by atoms with Gasteiger partial charge in [0.1, 0.15) is 12.7 Å². The normalized spacial score (nSPS) is 13.5. The van der Waals surface area contributed by atoms with Crippen molar-refractivity contribution in [1.82, 2.24) is 0 Å². The second-order valence-corrected chi connectivity index (χ2v) is 20.4. The lowest BCUT2D eigenvalue weighted by molar-refractivity contribution is -0.161. The number of unbranched alkanes of at least 4 members (excludes halogenated alkanes) is 39. The molecular weight excluding hydrogens is 828 g/mol. The van der Waals surface area contributed by atoms with Gasteiger partial charge in [0.15, 0.2) is 6.10 Å². The number of aliphatic hydroxyl groups excluding tert-OH is 2. The molecule has 0 heterocycles. The van der Waals surface area contributed by atoms with Crippen molar-refractivity contribution < 1.29 is 47.8 Å². The standard InChI is InChI=1S/C53H105O10P/c1-3-5-7-9-11-13-15-17-19-21-23-24-25-26-27-29-31-33-35-37-39-41-43-45-53(57)63-51(49-62-64(58,59)61-47-50(55)46-54)48-60-52(56)44-42-40-38-36-34-32-30-28-22-20-18-16-14-12-10-8-6-4-2/h50-51,54-55H,3-49H2,1-2H3,(H,58,59). The third kappa shape index (κ3) is 48.9. The maximum absolute atomic E-state index is 12.7. The van der Waals surface area contributed by atoms with Crippen LogP contribution in [0.5, 0.6) is 0 Å². The molecule has 0 aliphatic heterocycles. The Morgan fingerprint density at radius 1 is 0.406 bits per heavy atom. The van der Waals surface area contributed by atoms with E-state index in [1.165, 1.54) is 218 Å². The van der Waals surface area contributed by atoms with Crippen LogP contribution in [0.15, 0.2) is 0 Å². The molecule has 0 aromatic heterocycles. The third-order valence-electron chi connectivity index (χ3n) is 12.5. The minimum absolute atomic E-state index is 0.193. The van der Waals surface area contributed by atoms with Crippen LogP contribution in [0, 0.1) is 0 Å². The van der Waals surface area contributed by atoms with Crippen LogP contribution in [-0.4, -0.2) is 65.7 Å². The van der Waals surface area contributed by atoms with Crippen LogP contribution in [0.3, 0.4) is 0 Å². The summed E-state index contributed by atoms with van der Waals surface area (Å²) in [6.07, 6.45) is 50.8. The van der Waals surface area contributed by atoms with Crippen LogP contribution in [-0.2, 0) is 32.7 Å². The molecule has 0 radical (unpaired) electrons. The lowest BCUT2D eigenvalue weighted by atomic mass is 10.0. The van der Waals surface area contributed by atoms with Crippen molar-refractivity contribution in [2.24, 2.45) is 0 Å². The average molecular weight is 933 g/mol. The van der Waals surface area contributed by atoms with E-state index in [1.54, 1.807) is 0 Å². The smallest absolute Gasteiger partial charge is 0.462 e. The van der Waals surface area contributed by atoms with E-state index in [9.17, 15) is 24.2 Å². The second kappa shape index (κ2) is 49.9. The van der Waals surface area contributed by atoms with Crippen LogP contribution in [0.4, 0.5) is 0 Å². The van der Waals surface area contributed by atoms with E-state index in [1.807, 2.05) is 0 Å². The number of esters is 2. The molecular formula is C53H105O10P. The number of hydrogen-bond acceptors (Lipinski definition) is 9. The molecule has 0 spiro atoms. The van der Waals surface area contributed by atoms with E-state index < -0.39 is 51.8 Å². The average Bonchev–Trinajstić information content (AvgIpc) is 3.28. The summed E-state index contributed by atoms with van der Waals surface area (Å²) in [5.41, 5.74) is 0. The Morgan fingerprint density at radius 2 is 0.672 bits per heavy atom. The Hall–Kier alpha value is -1.03. The maximum atomic E-state index is 12.7. The number of ether oxygens (including phenoxy) is 2. The van der Waals surface area contributed by atoms with E-state index in [2.05, 4.69) is 13.8 Å². The van der Waals surface area contributed by atoms with Gasteiger partial charge in [-0.1, -0.05) is 264 Å². The fourth-order valence-electron chi connectivity index (χ4n) is 8.29. The van der Waals surface area contributed by atoms with Gasteiger partial charge in [-0.3, -0.25) is 18.6 Å². The van der Waals surface area contributed by atoms with Gasteiger partial charge in [0.25, 0.3) is 0 Å². The van der Waals surface area contributed by atoms with Crippen LogP contribution in [0.25, 0.3) is 0 Å². The van der Waals surface area contributed by atoms with Crippen LogP contribution < -0.4 is 0 Å². The largest absolute Gasteiger partial charge is 0.472 e. The first-order valence-corrected chi connectivity index (χ1v) is 29.0. The summed E-state index contributed by atoms with van der Waals surface area (Å²) in [5.74, 6) is -0.900. The first-order chi connectivity index (χ1) is 31.2. The van der Waals surface area contributed by atoms with Gasteiger partial charge in [-0.2, -0.15) is 0 Å². The van der Waals surface area contributed by atoms with Gasteiger partial charge >= 0.3 is 19.8 Å². The summed E-state index contributed by atoms with van der Waals surface area (Å²) >= 11 is 0. The number of aliphatic hydroxyl groups is 2. The summed E-state index contributed by atoms with van der Waals surface area (Å²) in [6, 6.07) is 0. The zero-order valence-corrected chi connectivity index (χ0v) is 42.9. The molecule has 3 atom stereocenters. The molecule has 3 N–H and O–H groups in total. The fraction of sp³-hybridized carbons (Fsp3) is 0.962. The molecule has 0 saturated carbocycles. The zero-order chi connectivity index (χ0) is 46.9. The van der Waals surface area contributed by atoms with Gasteiger partial charge in [0.2, 0.25) is 0 Å². The molecule has 0 aromatic rings. The molecule has 3 unspecified atom stereocenters. The summed E-state index contributed by atoms with van der Waals surface area (Å²) in [5, 5.41) is 18.4. The number of carbonyl (C=O) groups excluding carboxylic acids is 2. The van der Waals surface area contributed by atoms with E-state index >= 15 is 0 Å². The molecule has 11 heteroatoms. The first kappa shape index (κ1) is 63.0. The Bertz CT molecular complexity index is 1030. The van der Waals surface area contributed by atoms with Crippen molar-refractivity contribution >= 4 is 19.8 Å². The van der Waals surface area contributed by atoms with Gasteiger partial charge in [0, 0.05) is 12.8 Å². The molecule has 0 aromatic carbocycles. The first-order valence-electron chi connectivity index (χ1n) is 27.5. The van der Waals surface area contributed by atoms with Crippen molar-refractivity contribution in [3.8, 4) is 0 Å². The highest BCUT2D eigenvalue weighted by Gasteiger charge is 2.27. The molecule has 0 bridgehead atoms. The SMILES string of the molecule is CCCCCCCCCCCCCCCCCCCCCCCCCC(=O)OC(COC(=O)CCCCCCCCCCCCCCCCCCCC)COP(=O)(O)OCC(O)CO. The van der Waals surface area contributed by atoms with Crippen molar-refractivity contribution in [2.45, 2.75) is 302 Å². The van der Waals surface area contributed by atoms with Gasteiger partial charge in [-0.05, 0) is 12.8 Å². The van der Waals surface area contributed by atoms with Crippen molar-refractivity contribution in [3.05, 3.63) is 0 Å². The molecule has 0 saturated heterocycles.